The Morgan fingerprint density at radius 1 is 1.21 bits per heavy atom. The lowest BCUT2D eigenvalue weighted by atomic mass is 9.96. The molecule has 0 radical (unpaired) electrons. The number of carbonyl (C=O) groups is 1. The van der Waals surface area contributed by atoms with Crippen LogP contribution in [0, 0.1) is 12.7 Å². The molecule has 0 saturated carbocycles. The van der Waals surface area contributed by atoms with Gasteiger partial charge in [-0.1, -0.05) is 5.16 Å². The van der Waals surface area contributed by atoms with Crippen LogP contribution in [-0.2, 0) is 6.61 Å². The van der Waals surface area contributed by atoms with Gasteiger partial charge in [-0.25, -0.2) is 9.37 Å². The Labute approximate surface area is 166 Å². The first-order valence-electron chi connectivity index (χ1n) is 9.37. The van der Waals surface area contributed by atoms with Crippen molar-refractivity contribution in [2.45, 2.75) is 32.3 Å². The van der Waals surface area contributed by atoms with Crippen molar-refractivity contribution in [3.8, 4) is 5.75 Å². The molecule has 1 fully saturated rings. The third kappa shape index (κ3) is 4.56. The van der Waals surface area contributed by atoms with E-state index in [0.717, 1.165) is 18.5 Å². The molecule has 1 aliphatic rings. The maximum atomic E-state index is 12.9. The van der Waals surface area contributed by atoms with Crippen LogP contribution in [0.15, 0.2) is 41.2 Å². The Bertz CT molecular complexity index is 967. The fourth-order valence-electron chi connectivity index (χ4n) is 3.17. The smallest absolute Gasteiger partial charge is 0.274 e. The molecule has 1 amide bonds. The highest BCUT2D eigenvalue weighted by atomic mass is 19.1. The number of aryl methyl sites for hydroxylation is 1. The topological polar surface area (TPSA) is 94.2 Å². The van der Waals surface area contributed by atoms with E-state index < -0.39 is 0 Å². The van der Waals surface area contributed by atoms with E-state index >= 15 is 0 Å². The highest BCUT2D eigenvalue weighted by Gasteiger charge is 2.28. The van der Waals surface area contributed by atoms with Gasteiger partial charge in [-0.05, 0) is 44.0 Å². The molecule has 1 aromatic carbocycles. The fourth-order valence-corrected chi connectivity index (χ4v) is 3.17. The molecule has 1 saturated heterocycles. The van der Waals surface area contributed by atoms with Gasteiger partial charge >= 0.3 is 0 Å². The maximum absolute atomic E-state index is 12.9. The molecule has 0 bridgehead atoms. The van der Waals surface area contributed by atoms with Gasteiger partial charge < -0.3 is 14.2 Å². The summed E-state index contributed by atoms with van der Waals surface area (Å²) < 4.78 is 23.7. The number of rotatable bonds is 5. The molecule has 3 heterocycles. The van der Waals surface area contributed by atoms with Crippen LogP contribution in [0.4, 0.5) is 4.39 Å². The van der Waals surface area contributed by atoms with Crippen molar-refractivity contribution in [2.75, 3.05) is 13.1 Å². The monoisotopic (exact) mass is 397 g/mol. The van der Waals surface area contributed by atoms with Crippen molar-refractivity contribution in [2.24, 2.45) is 0 Å². The van der Waals surface area contributed by atoms with E-state index in [4.69, 9.17) is 9.26 Å². The SMILES string of the molecule is Cc1cnc(C(=O)N2CCC(c3noc(COc4ccc(F)cc4)n3)CC2)cn1. The normalized spacial score (nSPS) is 14.8. The summed E-state index contributed by atoms with van der Waals surface area (Å²) in [6, 6.07) is 5.73. The van der Waals surface area contributed by atoms with Gasteiger partial charge in [0, 0.05) is 25.2 Å². The van der Waals surface area contributed by atoms with Crippen LogP contribution in [0.25, 0.3) is 0 Å². The molecule has 2 aromatic heterocycles. The van der Waals surface area contributed by atoms with E-state index in [1.807, 2.05) is 6.92 Å². The van der Waals surface area contributed by atoms with Crippen molar-refractivity contribution < 1.29 is 18.4 Å². The molecule has 0 aliphatic carbocycles. The standard InChI is InChI=1S/C20H20FN5O3/c1-13-10-23-17(11-22-13)20(27)26-8-6-14(7-9-26)19-24-18(29-25-19)12-28-16-4-2-15(21)3-5-16/h2-5,10-11,14H,6-9,12H2,1H3. The Morgan fingerprint density at radius 3 is 2.66 bits per heavy atom. The summed E-state index contributed by atoms with van der Waals surface area (Å²) in [6.45, 7) is 3.13. The summed E-state index contributed by atoms with van der Waals surface area (Å²) in [5, 5.41) is 4.05. The molecule has 150 valence electrons. The van der Waals surface area contributed by atoms with Gasteiger partial charge in [-0.2, -0.15) is 4.98 Å². The third-order valence-corrected chi connectivity index (χ3v) is 4.81. The quantitative estimate of drug-likeness (QED) is 0.653. The molecule has 4 rings (SSSR count). The number of ether oxygens (including phenoxy) is 1. The van der Waals surface area contributed by atoms with Crippen LogP contribution < -0.4 is 4.74 Å². The van der Waals surface area contributed by atoms with E-state index in [0.29, 0.717) is 36.2 Å². The van der Waals surface area contributed by atoms with Gasteiger partial charge in [0.15, 0.2) is 12.4 Å². The Kier molecular flexibility index (Phi) is 5.46. The third-order valence-electron chi connectivity index (χ3n) is 4.81. The number of piperidine rings is 1. The van der Waals surface area contributed by atoms with Crippen LogP contribution in [0.5, 0.6) is 5.75 Å². The minimum atomic E-state index is -0.323. The predicted molar refractivity (Wildman–Crippen MR) is 99.7 cm³/mol. The van der Waals surface area contributed by atoms with Crippen molar-refractivity contribution >= 4 is 5.91 Å². The van der Waals surface area contributed by atoms with Crippen molar-refractivity contribution in [1.82, 2.24) is 25.0 Å². The predicted octanol–water partition coefficient (Wildman–Crippen LogP) is 2.91. The molecule has 0 unspecified atom stereocenters. The van der Waals surface area contributed by atoms with Crippen LogP contribution >= 0.6 is 0 Å². The summed E-state index contributed by atoms with van der Waals surface area (Å²) in [5.74, 6) is 1.18. The Morgan fingerprint density at radius 2 is 1.97 bits per heavy atom. The van der Waals surface area contributed by atoms with Gasteiger partial charge in [0.05, 0.1) is 11.9 Å². The number of aromatic nitrogens is 4. The molecular formula is C20H20FN5O3. The summed E-state index contributed by atoms with van der Waals surface area (Å²) in [6.07, 6.45) is 4.58. The number of halogens is 1. The highest BCUT2D eigenvalue weighted by Crippen LogP contribution is 2.26. The van der Waals surface area contributed by atoms with E-state index in [1.165, 1.54) is 30.5 Å². The van der Waals surface area contributed by atoms with Crippen molar-refractivity contribution in [3.63, 3.8) is 0 Å². The van der Waals surface area contributed by atoms with Gasteiger partial charge in [0.2, 0.25) is 0 Å². The van der Waals surface area contributed by atoms with Crippen LogP contribution in [0.3, 0.4) is 0 Å². The van der Waals surface area contributed by atoms with E-state index in [9.17, 15) is 9.18 Å². The van der Waals surface area contributed by atoms with Crippen LogP contribution in [0.2, 0.25) is 0 Å². The first-order chi connectivity index (χ1) is 14.1. The molecule has 3 aromatic rings. The van der Waals surface area contributed by atoms with E-state index in [-0.39, 0.29) is 24.2 Å². The summed E-state index contributed by atoms with van der Waals surface area (Å²) >= 11 is 0. The number of hydrogen-bond acceptors (Lipinski definition) is 7. The molecule has 9 heteroatoms. The average Bonchev–Trinajstić information content (AvgIpc) is 3.23. The molecule has 1 aliphatic heterocycles. The number of hydrogen-bond donors (Lipinski definition) is 0. The van der Waals surface area contributed by atoms with Crippen LogP contribution in [-0.4, -0.2) is 44.0 Å². The largest absolute Gasteiger partial charge is 0.484 e. The molecular weight excluding hydrogens is 377 g/mol. The average molecular weight is 397 g/mol. The minimum Gasteiger partial charge on any atom is -0.484 e. The second-order valence-corrected chi connectivity index (χ2v) is 6.90. The number of nitrogens with zero attached hydrogens (tertiary/aromatic N) is 5. The highest BCUT2D eigenvalue weighted by molar-refractivity contribution is 5.92. The zero-order valence-electron chi connectivity index (χ0n) is 15.9. The zero-order valence-corrected chi connectivity index (χ0v) is 15.9. The van der Waals surface area contributed by atoms with Gasteiger partial charge in [0.1, 0.15) is 17.3 Å². The van der Waals surface area contributed by atoms with Crippen LogP contribution in [0.1, 0.15) is 46.7 Å². The molecule has 29 heavy (non-hydrogen) atoms. The molecule has 0 spiro atoms. The van der Waals surface area contributed by atoms with Gasteiger partial charge in [0.25, 0.3) is 11.8 Å². The maximum Gasteiger partial charge on any atom is 0.274 e. The minimum absolute atomic E-state index is 0.113. The number of likely N-dealkylation sites (tertiary alicyclic amines) is 1. The molecule has 0 atom stereocenters. The summed E-state index contributed by atoms with van der Waals surface area (Å²) in [5.41, 5.74) is 1.13. The molecule has 8 nitrogen and oxygen atoms in total. The molecule has 0 N–H and O–H groups in total. The van der Waals surface area contributed by atoms with E-state index in [1.54, 1.807) is 11.1 Å². The Hall–Kier alpha value is -3.36. The first kappa shape index (κ1) is 19.0. The lowest BCUT2D eigenvalue weighted by molar-refractivity contribution is 0.0704. The Balaban J connectivity index is 1.30. The lowest BCUT2D eigenvalue weighted by Crippen LogP contribution is -2.38. The fraction of sp³-hybridized carbons (Fsp3) is 0.350. The van der Waals surface area contributed by atoms with Gasteiger partial charge in [-0.3, -0.25) is 9.78 Å². The number of amides is 1. The lowest BCUT2D eigenvalue weighted by Gasteiger charge is -2.30. The summed E-state index contributed by atoms with van der Waals surface area (Å²) in [4.78, 5) is 27.0. The van der Waals surface area contributed by atoms with E-state index in [2.05, 4.69) is 20.1 Å². The second-order valence-electron chi connectivity index (χ2n) is 6.90. The summed E-state index contributed by atoms with van der Waals surface area (Å²) in [7, 11) is 0. The van der Waals surface area contributed by atoms with Crippen molar-refractivity contribution in [3.05, 3.63) is 65.6 Å². The number of benzene rings is 1. The van der Waals surface area contributed by atoms with Crippen molar-refractivity contribution in [1.29, 1.82) is 0 Å². The van der Waals surface area contributed by atoms with Gasteiger partial charge in [-0.15, -0.1) is 0 Å². The first-order valence-corrected chi connectivity index (χ1v) is 9.37. The second kappa shape index (κ2) is 8.34. The number of carbonyl (C=O) groups excluding carboxylic acids is 1. The zero-order chi connectivity index (χ0) is 20.2.